The van der Waals surface area contributed by atoms with Crippen LogP contribution in [-0.4, -0.2) is 99.2 Å². The number of carbonyl (C=O) groups excluding carboxylic acids is 4. The number of nitrogens with one attached hydrogen (secondary N) is 3. The largest absolute Gasteiger partial charge is 0.421 e. The number of aliphatic hydroxyl groups excluding tert-OH is 2. The topological polar surface area (TPSA) is 318 Å². The summed E-state index contributed by atoms with van der Waals surface area (Å²) in [5, 5.41) is 55.6. The number of thiazole rings is 2. The van der Waals surface area contributed by atoms with E-state index in [1.54, 1.807) is 37.6 Å². The number of carbonyl (C=O) groups is 4. The van der Waals surface area contributed by atoms with Crippen molar-refractivity contribution in [3.05, 3.63) is 120 Å². The summed E-state index contributed by atoms with van der Waals surface area (Å²) in [4.78, 5) is 54.4. The number of sulfonamides is 2. The van der Waals surface area contributed by atoms with Gasteiger partial charge in [0.15, 0.2) is 38.1 Å². The van der Waals surface area contributed by atoms with Crippen molar-refractivity contribution in [2.45, 2.75) is 83.3 Å². The lowest BCUT2D eigenvalue weighted by Crippen LogP contribution is -2.69. The Morgan fingerprint density at radius 1 is 0.833 bits per heavy atom. The van der Waals surface area contributed by atoms with E-state index in [1.165, 1.54) is 97.3 Å². The molecule has 1 amide bonds. The molecule has 0 aliphatic heterocycles. The fourth-order valence-electron chi connectivity index (χ4n) is 11.9. The van der Waals surface area contributed by atoms with E-state index in [-0.39, 0.29) is 83.1 Å². The third-order valence-corrected chi connectivity index (χ3v) is 20.9. The highest BCUT2D eigenvalue weighted by atomic mass is 35.5. The van der Waals surface area contributed by atoms with Gasteiger partial charge in [0.1, 0.15) is 17.9 Å². The maximum absolute atomic E-state index is 16.9. The summed E-state index contributed by atoms with van der Waals surface area (Å²) in [5.41, 5.74) is -4.67. The molecule has 4 aliphatic rings. The zero-order valence-electron chi connectivity index (χ0n) is 44.2. The number of benzene rings is 4. The van der Waals surface area contributed by atoms with Gasteiger partial charge in [0, 0.05) is 50.7 Å². The Hall–Kier alpha value is -6.17. The Bertz CT molecular complexity index is 3900. The first-order valence-corrected chi connectivity index (χ1v) is 31.9. The maximum Gasteiger partial charge on any atom is 0.344 e. The fraction of sp³-hybridized carbons (Fsp3) is 0.333. The molecule has 2 aromatic heterocycles. The number of ether oxygens (including phenoxy) is 1. The number of ketones is 2. The first-order valence-electron chi connectivity index (χ1n) is 25.4. The first kappa shape index (κ1) is 62.4. The molecular weight excluding hydrogens is 1260 g/mol. The summed E-state index contributed by atoms with van der Waals surface area (Å²) >= 11 is 25.5. The molecule has 8 atom stereocenters. The number of anilines is 3. The van der Waals surface area contributed by atoms with Crippen LogP contribution in [-0.2, 0) is 39.2 Å². The molecule has 6 N–H and O–H groups in total. The number of rotatable bonds is 16. The molecule has 0 saturated heterocycles. The molecule has 4 aromatic carbocycles. The van der Waals surface area contributed by atoms with Gasteiger partial charge in [-0.1, -0.05) is 84.0 Å². The van der Waals surface area contributed by atoms with E-state index >= 15 is 4.39 Å². The molecule has 3 saturated carbocycles. The van der Waals surface area contributed by atoms with Crippen molar-refractivity contribution in [1.29, 1.82) is 0 Å². The van der Waals surface area contributed by atoms with E-state index in [4.69, 9.17) is 51.1 Å². The van der Waals surface area contributed by atoms with Crippen LogP contribution in [0.2, 0.25) is 0 Å². The minimum absolute atomic E-state index is 0.0514. The number of allylic oxidation sites excluding steroid dienone is 4. The van der Waals surface area contributed by atoms with E-state index in [9.17, 15) is 51.3 Å². The third-order valence-electron chi connectivity index (χ3n) is 15.8. The summed E-state index contributed by atoms with van der Waals surface area (Å²) in [7, 11) is -7.91. The fourth-order valence-corrected chi connectivity index (χ4v) is 15.7. The molecule has 0 spiro atoms. The first-order chi connectivity index (χ1) is 39.7. The Morgan fingerprint density at radius 2 is 1.40 bits per heavy atom. The van der Waals surface area contributed by atoms with E-state index in [0.29, 0.717) is 24.8 Å². The van der Waals surface area contributed by atoms with Crippen molar-refractivity contribution < 1.29 is 60.5 Å². The zero-order valence-corrected chi connectivity index (χ0v) is 50.5. The number of alkyl halides is 5. The lowest BCUT2D eigenvalue weighted by Gasteiger charge is -2.62. The van der Waals surface area contributed by atoms with Gasteiger partial charge < -0.3 is 25.4 Å². The summed E-state index contributed by atoms with van der Waals surface area (Å²) in [6.45, 7) is 4.48. The molecule has 442 valence electrons. The lowest BCUT2D eigenvalue weighted by molar-refractivity contribution is -0.219. The van der Waals surface area contributed by atoms with Gasteiger partial charge in [-0.05, 0) is 117 Å². The number of aromatic nitrogens is 2. The van der Waals surface area contributed by atoms with Crippen molar-refractivity contribution in [2.75, 3.05) is 21.4 Å². The molecule has 21 nitrogen and oxygen atoms in total. The molecular formula is C54H50Cl4FN9O12S4. The van der Waals surface area contributed by atoms with Crippen LogP contribution in [0.5, 0.6) is 5.75 Å². The molecule has 2 heterocycles. The highest BCUT2D eigenvalue weighted by Crippen LogP contribution is 2.70. The van der Waals surface area contributed by atoms with Gasteiger partial charge in [-0.25, -0.2) is 36.0 Å². The van der Waals surface area contributed by atoms with Gasteiger partial charge in [0.25, 0.3) is 26.0 Å². The van der Waals surface area contributed by atoms with Crippen LogP contribution < -0.4 is 19.5 Å². The molecule has 30 heteroatoms. The summed E-state index contributed by atoms with van der Waals surface area (Å²) < 4.78 is 78.5. The van der Waals surface area contributed by atoms with Crippen molar-refractivity contribution in [3.8, 4) is 5.75 Å². The van der Waals surface area contributed by atoms with E-state index in [2.05, 4.69) is 45.2 Å². The second-order valence-corrected chi connectivity index (χ2v) is 27.9. The van der Waals surface area contributed by atoms with Crippen molar-refractivity contribution in [2.24, 2.45) is 49.0 Å². The van der Waals surface area contributed by atoms with Crippen molar-refractivity contribution in [1.82, 2.24) is 9.97 Å². The predicted octanol–water partition coefficient (Wildman–Crippen LogP) is 11.5. The van der Waals surface area contributed by atoms with Crippen LogP contribution in [0.3, 0.4) is 0 Å². The third kappa shape index (κ3) is 11.8. The van der Waals surface area contributed by atoms with Gasteiger partial charge in [-0.2, -0.15) is 10.2 Å². The van der Waals surface area contributed by atoms with Crippen LogP contribution in [0, 0.1) is 28.6 Å². The van der Waals surface area contributed by atoms with Gasteiger partial charge in [0.05, 0.1) is 38.6 Å². The number of esters is 1. The SMILES string of the molecule is CC1C[C@H]2[C@@H]3CCC4=CC(=O)C=C[C@]4(C)[C@@]3(F)C(O)C[C@]2(C)[C@@]1(O)C(=O)CO.O=C(Nc1cccc2c(OC(=O)C(Cl)Cl)c(N=Nc3ccc(S(=O)(=O)Nc4nccs4)cc3)cc(N=Nc3ccc(S(=O)(=O)Nc4nccs4)cc3)c12)C(Cl)Cl. The molecule has 0 radical (unpaired) electrons. The smallest absolute Gasteiger partial charge is 0.344 e. The zero-order chi connectivity index (χ0) is 60.7. The highest BCUT2D eigenvalue weighted by Gasteiger charge is 2.75. The Morgan fingerprint density at radius 3 is 1.93 bits per heavy atom. The number of aliphatic hydroxyl groups is 3. The maximum atomic E-state index is 16.9. The van der Waals surface area contributed by atoms with E-state index in [1.807, 2.05) is 0 Å². The lowest BCUT2D eigenvalue weighted by atomic mass is 9.44. The molecule has 3 fully saturated rings. The molecule has 84 heavy (non-hydrogen) atoms. The molecule has 10 rings (SSSR count). The van der Waals surface area contributed by atoms with E-state index in [0.717, 1.165) is 22.7 Å². The molecule has 0 bridgehead atoms. The van der Waals surface area contributed by atoms with Gasteiger partial charge in [-0.15, -0.1) is 32.9 Å². The Balaban J connectivity index is 0.000000251. The van der Waals surface area contributed by atoms with Crippen molar-refractivity contribution >= 4 is 162 Å². The Kier molecular flexibility index (Phi) is 18.0. The van der Waals surface area contributed by atoms with Crippen LogP contribution in [0.15, 0.2) is 150 Å². The second-order valence-electron chi connectivity index (χ2n) is 20.5. The minimum atomic E-state index is -3.95. The van der Waals surface area contributed by atoms with Crippen LogP contribution in [0.25, 0.3) is 10.8 Å². The number of nitrogens with zero attached hydrogens (tertiary/aromatic N) is 6. The summed E-state index contributed by atoms with van der Waals surface area (Å²) in [6.07, 6.45) is 7.36. The van der Waals surface area contributed by atoms with Gasteiger partial charge in [0.2, 0.25) is 4.84 Å². The van der Waals surface area contributed by atoms with Crippen LogP contribution in [0.4, 0.5) is 43.1 Å². The predicted molar refractivity (Wildman–Crippen MR) is 316 cm³/mol. The molecule has 2 unspecified atom stereocenters. The Labute approximate surface area is 508 Å². The quantitative estimate of drug-likeness (QED) is 0.0227. The molecule has 6 aromatic rings. The number of hydrogen-bond donors (Lipinski definition) is 6. The average molecular weight is 1310 g/mol. The molecule has 4 aliphatic carbocycles. The van der Waals surface area contributed by atoms with Gasteiger partial charge in [-0.3, -0.25) is 23.8 Å². The number of halogens is 5. The van der Waals surface area contributed by atoms with Gasteiger partial charge >= 0.3 is 5.97 Å². The number of amides is 1. The van der Waals surface area contributed by atoms with Crippen molar-refractivity contribution in [3.63, 3.8) is 0 Å². The minimum Gasteiger partial charge on any atom is -0.421 e. The van der Waals surface area contributed by atoms with E-state index < -0.39 is 94.0 Å². The monoisotopic (exact) mass is 1300 g/mol. The van der Waals surface area contributed by atoms with Crippen LogP contribution in [0.1, 0.15) is 46.5 Å². The highest BCUT2D eigenvalue weighted by molar-refractivity contribution is 7.93. The normalized spacial score (nSPS) is 25.6. The van der Waals surface area contributed by atoms with Crippen LogP contribution >= 0.6 is 69.1 Å². The summed E-state index contributed by atoms with van der Waals surface area (Å²) in [5.74, 6) is -4.18. The number of Topliss-reactive ketones (excluding diaryl/α,β-unsaturated/α-hetero) is 1. The number of hydrogen-bond acceptors (Lipinski definition) is 20. The summed E-state index contributed by atoms with van der Waals surface area (Å²) in [6, 6.07) is 16.7. The second kappa shape index (κ2) is 24.3. The standard InChI is InChI=1S/C32H21Cl4N9O7S4.C22H29FO5/c33-27(34)29(46)39-22-3-1-2-21-25(22)23(42-40-17-4-8-19(9-5-17)55(48,49)44-31-37-12-14-53-31)16-24(26(21)52-30(47)28(35)36)43-41-18-6-10-20(11-7-18)56(50,51)45-32-38-13-15-54-32;1-12-8-16-15-5-4-13-9-14(25)6-7-19(13,2)21(15,23)17(26)10-20(16,3)22(12,28)18(27)11-24/h1-16,27-28H,(H,37,44)(H,38,45)(H,39,46);6-7,9,12,15-17,24,26,28H,4-5,8,10-11H2,1-3H3/t;12?,15-,16-,17?,19-,20-,21-,22-/m.0/s1. The number of azo groups is 2. The number of fused-ring (bicyclic) bond motifs is 6. The average Bonchev–Trinajstić information content (AvgIpc) is 1.33.